The average molecular weight is 245 g/mol. The van der Waals surface area contributed by atoms with E-state index in [2.05, 4.69) is 36.3 Å². The van der Waals surface area contributed by atoms with Crippen LogP contribution in [0, 0.1) is 0 Å². The van der Waals surface area contributed by atoms with E-state index < -0.39 is 0 Å². The molecule has 2 aromatic rings. The Bertz CT molecular complexity index is 490. The van der Waals surface area contributed by atoms with Crippen molar-refractivity contribution >= 4 is 0 Å². The SMILES string of the molecule is CCC(C)c1ccc(OCc2cn(C)nn2)cc1. The van der Waals surface area contributed by atoms with Crippen LogP contribution in [-0.4, -0.2) is 15.0 Å². The molecule has 0 saturated carbocycles. The Balaban J connectivity index is 1.94. The van der Waals surface area contributed by atoms with Gasteiger partial charge in [0.15, 0.2) is 0 Å². The normalized spacial score (nSPS) is 12.4. The van der Waals surface area contributed by atoms with Crippen molar-refractivity contribution in [3.8, 4) is 5.75 Å². The van der Waals surface area contributed by atoms with Crippen molar-refractivity contribution in [3.05, 3.63) is 41.7 Å². The largest absolute Gasteiger partial charge is 0.487 e. The first-order valence-electron chi connectivity index (χ1n) is 6.27. The van der Waals surface area contributed by atoms with Gasteiger partial charge in [0.05, 0.1) is 6.20 Å². The minimum Gasteiger partial charge on any atom is -0.487 e. The zero-order valence-corrected chi connectivity index (χ0v) is 11.1. The summed E-state index contributed by atoms with van der Waals surface area (Å²) >= 11 is 0. The summed E-state index contributed by atoms with van der Waals surface area (Å²) in [6.45, 7) is 4.88. The van der Waals surface area contributed by atoms with Crippen molar-refractivity contribution in [2.24, 2.45) is 7.05 Å². The van der Waals surface area contributed by atoms with Gasteiger partial charge in [0.2, 0.25) is 0 Å². The number of benzene rings is 1. The molecule has 0 spiro atoms. The number of nitrogens with zero attached hydrogens (tertiary/aromatic N) is 3. The topological polar surface area (TPSA) is 39.9 Å². The standard InChI is InChI=1S/C14H19N3O/c1-4-11(2)12-5-7-14(8-6-12)18-10-13-9-17(3)16-15-13/h5-9,11H,4,10H2,1-3H3. The molecule has 18 heavy (non-hydrogen) atoms. The smallest absolute Gasteiger partial charge is 0.134 e. The molecule has 0 amide bonds. The third kappa shape index (κ3) is 3.09. The fraction of sp³-hybridized carbons (Fsp3) is 0.429. The Morgan fingerprint density at radius 2 is 2.00 bits per heavy atom. The maximum absolute atomic E-state index is 5.66. The van der Waals surface area contributed by atoms with Crippen molar-refractivity contribution in [3.63, 3.8) is 0 Å². The summed E-state index contributed by atoms with van der Waals surface area (Å²) in [5, 5.41) is 7.84. The first-order valence-corrected chi connectivity index (χ1v) is 6.27. The summed E-state index contributed by atoms with van der Waals surface area (Å²) in [6.07, 6.45) is 3.01. The molecule has 96 valence electrons. The van der Waals surface area contributed by atoms with Gasteiger partial charge >= 0.3 is 0 Å². The number of hydrogen-bond acceptors (Lipinski definition) is 3. The molecule has 0 bridgehead atoms. The molecule has 2 rings (SSSR count). The zero-order chi connectivity index (χ0) is 13.0. The molecule has 0 fully saturated rings. The van der Waals surface area contributed by atoms with Gasteiger partial charge < -0.3 is 4.74 Å². The highest BCUT2D eigenvalue weighted by molar-refractivity contribution is 5.29. The second-order valence-corrected chi connectivity index (χ2v) is 4.55. The average Bonchev–Trinajstić information content (AvgIpc) is 2.82. The number of aromatic nitrogens is 3. The summed E-state index contributed by atoms with van der Waals surface area (Å²) in [5.74, 6) is 1.46. The first kappa shape index (κ1) is 12.6. The van der Waals surface area contributed by atoms with Crippen molar-refractivity contribution in [2.75, 3.05) is 0 Å². The van der Waals surface area contributed by atoms with E-state index in [-0.39, 0.29) is 0 Å². The van der Waals surface area contributed by atoms with Crippen LogP contribution < -0.4 is 4.74 Å². The molecule has 4 heteroatoms. The molecule has 1 aromatic carbocycles. The van der Waals surface area contributed by atoms with E-state index >= 15 is 0 Å². The van der Waals surface area contributed by atoms with Crippen LogP contribution in [0.3, 0.4) is 0 Å². The maximum atomic E-state index is 5.66. The fourth-order valence-corrected chi connectivity index (χ4v) is 1.75. The van der Waals surface area contributed by atoms with E-state index in [4.69, 9.17) is 4.74 Å². The Morgan fingerprint density at radius 1 is 1.28 bits per heavy atom. The lowest BCUT2D eigenvalue weighted by atomic mass is 9.99. The van der Waals surface area contributed by atoms with Gasteiger partial charge in [-0.2, -0.15) is 0 Å². The van der Waals surface area contributed by atoms with Crippen LogP contribution in [0.25, 0.3) is 0 Å². The summed E-state index contributed by atoms with van der Waals surface area (Å²) in [5.41, 5.74) is 2.19. The molecule has 4 nitrogen and oxygen atoms in total. The first-order chi connectivity index (χ1) is 8.69. The van der Waals surface area contributed by atoms with E-state index in [0.717, 1.165) is 17.9 Å². The molecular formula is C14H19N3O. The third-order valence-electron chi connectivity index (χ3n) is 3.10. The Hall–Kier alpha value is -1.84. The van der Waals surface area contributed by atoms with Crippen LogP contribution in [0.2, 0.25) is 0 Å². The molecule has 0 radical (unpaired) electrons. The Kier molecular flexibility index (Phi) is 3.97. The Labute approximate surface area is 108 Å². The van der Waals surface area contributed by atoms with Gasteiger partial charge in [0.1, 0.15) is 18.1 Å². The molecule has 0 saturated heterocycles. The van der Waals surface area contributed by atoms with Gasteiger partial charge in [0, 0.05) is 7.05 Å². The molecule has 0 aliphatic heterocycles. The molecule has 1 heterocycles. The number of ether oxygens (including phenoxy) is 1. The van der Waals surface area contributed by atoms with E-state index in [1.54, 1.807) is 4.68 Å². The highest BCUT2D eigenvalue weighted by atomic mass is 16.5. The van der Waals surface area contributed by atoms with Crippen LogP contribution in [0.5, 0.6) is 5.75 Å². The molecule has 1 unspecified atom stereocenters. The number of aryl methyl sites for hydroxylation is 1. The van der Waals surface area contributed by atoms with E-state index in [1.165, 1.54) is 5.56 Å². The van der Waals surface area contributed by atoms with Crippen LogP contribution in [0.4, 0.5) is 0 Å². The van der Waals surface area contributed by atoms with Crippen molar-refractivity contribution < 1.29 is 4.74 Å². The summed E-state index contributed by atoms with van der Waals surface area (Å²) in [4.78, 5) is 0. The van der Waals surface area contributed by atoms with Gasteiger partial charge in [-0.3, -0.25) is 4.68 Å². The molecule has 0 N–H and O–H groups in total. The molecule has 0 aliphatic rings. The van der Waals surface area contributed by atoms with E-state index in [0.29, 0.717) is 12.5 Å². The highest BCUT2D eigenvalue weighted by Gasteiger charge is 2.03. The lowest BCUT2D eigenvalue weighted by molar-refractivity contribution is 0.301. The lowest BCUT2D eigenvalue weighted by Gasteiger charge is -2.10. The minimum absolute atomic E-state index is 0.455. The van der Waals surface area contributed by atoms with Crippen LogP contribution in [0.15, 0.2) is 30.5 Å². The van der Waals surface area contributed by atoms with Crippen molar-refractivity contribution in [2.45, 2.75) is 32.8 Å². The highest BCUT2D eigenvalue weighted by Crippen LogP contribution is 2.21. The van der Waals surface area contributed by atoms with Gasteiger partial charge in [-0.15, -0.1) is 5.10 Å². The monoisotopic (exact) mass is 245 g/mol. The minimum atomic E-state index is 0.455. The molecule has 0 aliphatic carbocycles. The summed E-state index contributed by atoms with van der Waals surface area (Å²) in [6, 6.07) is 8.27. The van der Waals surface area contributed by atoms with E-state index in [9.17, 15) is 0 Å². The van der Waals surface area contributed by atoms with Crippen molar-refractivity contribution in [1.82, 2.24) is 15.0 Å². The van der Waals surface area contributed by atoms with Crippen molar-refractivity contribution in [1.29, 1.82) is 0 Å². The predicted molar refractivity (Wildman–Crippen MR) is 70.5 cm³/mol. The summed E-state index contributed by atoms with van der Waals surface area (Å²) < 4.78 is 7.33. The quantitative estimate of drug-likeness (QED) is 0.813. The predicted octanol–water partition coefficient (Wildman–Crippen LogP) is 2.91. The molecule has 1 aromatic heterocycles. The third-order valence-corrected chi connectivity index (χ3v) is 3.10. The fourth-order valence-electron chi connectivity index (χ4n) is 1.75. The molecular weight excluding hydrogens is 226 g/mol. The number of rotatable bonds is 5. The van der Waals surface area contributed by atoms with Gasteiger partial charge in [-0.25, -0.2) is 0 Å². The summed E-state index contributed by atoms with van der Waals surface area (Å²) in [7, 11) is 1.84. The van der Waals surface area contributed by atoms with Crippen LogP contribution in [-0.2, 0) is 13.7 Å². The number of hydrogen-bond donors (Lipinski definition) is 0. The van der Waals surface area contributed by atoms with Crippen LogP contribution >= 0.6 is 0 Å². The zero-order valence-electron chi connectivity index (χ0n) is 11.1. The Morgan fingerprint density at radius 3 is 2.56 bits per heavy atom. The van der Waals surface area contributed by atoms with Crippen LogP contribution in [0.1, 0.15) is 37.4 Å². The second kappa shape index (κ2) is 5.67. The molecule has 1 atom stereocenters. The maximum Gasteiger partial charge on any atom is 0.134 e. The van der Waals surface area contributed by atoms with Gasteiger partial charge in [0.25, 0.3) is 0 Å². The van der Waals surface area contributed by atoms with E-state index in [1.807, 2.05) is 25.4 Å². The lowest BCUT2D eigenvalue weighted by Crippen LogP contribution is -1.96. The second-order valence-electron chi connectivity index (χ2n) is 4.55. The van der Waals surface area contributed by atoms with Gasteiger partial charge in [-0.05, 0) is 30.0 Å². The van der Waals surface area contributed by atoms with Gasteiger partial charge in [-0.1, -0.05) is 31.2 Å².